The van der Waals surface area contributed by atoms with Crippen molar-refractivity contribution in [1.29, 1.82) is 0 Å². The molecule has 3 N–H and O–H groups in total. The second-order valence-electron chi connectivity index (χ2n) is 4.22. The highest BCUT2D eigenvalue weighted by atomic mass is 35.5. The van der Waals surface area contributed by atoms with Crippen LogP contribution in [-0.4, -0.2) is 17.9 Å². The summed E-state index contributed by atoms with van der Waals surface area (Å²) >= 11 is 8.90. The van der Waals surface area contributed by atoms with Crippen LogP contribution in [0.15, 0.2) is 52.3 Å². The lowest BCUT2D eigenvalue weighted by Crippen LogP contribution is -2.14. The fraction of sp³-hybridized carbons (Fsp3) is 0.133. The number of nitrogens with one attached hydrogen (secondary N) is 1. The van der Waals surface area contributed by atoms with Crippen molar-refractivity contribution in [3.8, 4) is 0 Å². The van der Waals surface area contributed by atoms with Crippen LogP contribution in [0.2, 0.25) is 5.02 Å². The van der Waals surface area contributed by atoms with E-state index in [1.165, 1.54) is 11.8 Å². The van der Waals surface area contributed by atoms with E-state index in [9.17, 15) is 4.79 Å². The zero-order valence-electron chi connectivity index (χ0n) is 11.4. The number of anilines is 2. The van der Waals surface area contributed by atoms with E-state index < -0.39 is 0 Å². The van der Waals surface area contributed by atoms with Crippen LogP contribution in [0.4, 0.5) is 11.4 Å². The molecule has 110 valence electrons. The zero-order chi connectivity index (χ0) is 15.2. The first-order chi connectivity index (χ1) is 10.1. The van der Waals surface area contributed by atoms with Crippen molar-refractivity contribution in [1.82, 2.24) is 0 Å². The summed E-state index contributed by atoms with van der Waals surface area (Å²) in [6.45, 7) is 0. The van der Waals surface area contributed by atoms with Crippen molar-refractivity contribution in [2.75, 3.05) is 23.1 Å². The summed E-state index contributed by atoms with van der Waals surface area (Å²) < 4.78 is 0. The SMILES string of the molecule is CSc1ccccc1NC(=O)CSc1cc(Cl)ccc1N. The predicted octanol–water partition coefficient (Wildman–Crippen LogP) is 4.37. The minimum absolute atomic E-state index is 0.0686. The van der Waals surface area contributed by atoms with Gasteiger partial charge in [0.05, 0.1) is 11.4 Å². The van der Waals surface area contributed by atoms with E-state index in [0.29, 0.717) is 10.7 Å². The molecule has 1 amide bonds. The third-order valence-electron chi connectivity index (χ3n) is 2.72. The molecular formula is C15H15ClN2OS2. The van der Waals surface area contributed by atoms with Gasteiger partial charge >= 0.3 is 0 Å². The number of carbonyl (C=O) groups is 1. The van der Waals surface area contributed by atoms with E-state index in [4.69, 9.17) is 17.3 Å². The van der Waals surface area contributed by atoms with E-state index in [1.807, 2.05) is 30.5 Å². The molecule has 21 heavy (non-hydrogen) atoms. The maximum Gasteiger partial charge on any atom is 0.234 e. The summed E-state index contributed by atoms with van der Waals surface area (Å²) in [5.41, 5.74) is 7.31. The van der Waals surface area contributed by atoms with Crippen LogP contribution < -0.4 is 11.1 Å². The molecule has 0 saturated carbocycles. The maximum atomic E-state index is 12.0. The Bertz CT molecular complexity index is 649. The first kappa shape index (κ1) is 16.1. The lowest BCUT2D eigenvalue weighted by molar-refractivity contribution is -0.113. The number of hydrogen-bond donors (Lipinski definition) is 2. The second-order valence-corrected chi connectivity index (χ2v) is 6.52. The predicted molar refractivity (Wildman–Crippen MR) is 93.4 cm³/mol. The van der Waals surface area contributed by atoms with Gasteiger partial charge in [-0.2, -0.15) is 0 Å². The van der Waals surface area contributed by atoms with E-state index >= 15 is 0 Å². The average Bonchev–Trinajstić information content (AvgIpc) is 2.49. The Morgan fingerprint density at radius 3 is 2.76 bits per heavy atom. The van der Waals surface area contributed by atoms with Gasteiger partial charge in [0, 0.05) is 20.5 Å². The molecule has 0 fully saturated rings. The summed E-state index contributed by atoms with van der Waals surface area (Å²) in [4.78, 5) is 13.9. The molecule has 0 aliphatic rings. The Kier molecular flexibility index (Phi) is 5.85. The molecule has 0 bridgehead atoms. The molecule has 0 saturated heterocycles. The quantitative estimate of drug-likeness (QED) is 0.627. The summed E-state index contributed by atoms with van der Waals surface area (Å²) in [6.07, 6.45) is 1.98. The molecule has 0 aliphatic carbocycles. The number of carbonyl (C=O) groups excluding carboxylic acids is 1. The number of hydrogen-bond acceptors (Lipinski definition) is 4. The van der Waals surface area contributed by atoms with E-state index in [0.717, 1.165) is 15.5 Å². The molecule has 2 rings (SSSR count). The molecule has 0 aromatic heterocycles. The minimum atomic E-state index is -0.0686. The Morgan fingerprint density at radius 2 is 2.00 bits per heavy atom. The van der Waals surface area contributed by atoms with E-state index in [-0.39, 0.29) is 11.7 Å². The standard InChI is InChI=1S/C15H15ClN2OS2/c1-20-13-5-3-2-4-12(13)18-15(19)9-21-14-8-10(16)6-7-11(14)17/h2-8H,9,17H2,1H3,(H,18,19). The van der Waals surface area contributed by atoms with Gasteiger partial charge in [-0.25, -0.2) is 0 Å². The molecule has 0 unspecified atom stereocenters. The third-order valence-corrected chi connectivity index (χ3v) is 4.82. The van der Waals surface area contributed by atoms with Gasteiger partial charge in [-0.1, -0.05) is 23.7 Å². The molecule has 0 heterocycles. The first-order valence-corrected chi connectivity index (χ1v) is 8.79. The van der Waals surface area contributed by atoms with Gasteiger partial charge in [-0.3, -0.25) is 4.79 Å². The monoisotopic (exact) mass is 338 g/mol. The highest BCUT2D eigenvalue weighted by Gasteiger charge is 2.08. The van der Waals surface area contributed by atoms with E-state index in [2.05, 4.69) is 5.32 Å². The highest BCUT2D eigenvalue weighted by Crippen LogP contribution is 2.29. The van der Waals surface area contributed by atoms with Crippen molar-refractivity contribution in [2.24, 2.45) is 0 Å². The summed E-state index contributed by atoms with van der Waals surface area (Å²) in [7, 11) is 0. The van der Waals surface area contributed by atoms with Crippen molar-refractivity contribution >= 4 is 52.4 Å². The lowest BCUT2D eigenvalue weighted by Gasteiger charge is -2.10. The minimum Gasteiger partial charge on any atom is -0.398 e. The first-order valence-electron chi connectivity index (χ1n) is 6.21. The van der Waals surface area contributed by atoms with Crippen LogP contribution in [0, 0.1) is 0 Å². The Morgan fingerprint density at radius 1 is 1.24 bits per heavy atom. The van der Waals surface area contributed by atoms with Crippen LogP contribution in [0.5, 0.6) is 0 Å². The topological polar surface area (TPSA) is 55.1 Å². The van der Waals surface area contributed by atoms with Crippen molar-refractivity contribution < 1.29 is 4.79 Å². The third kappa shape index (κ3) is 4.59. The van der Waals surface area contributed by atoms with Crippen molar-refractivity contribution in [3.05, 3.63) is 47.5 Å². The van der Waals surface area contributed by atoms with Crippen molar-refractivity contribution in [3.63, 3.8) is 0 Å². The largest absolute Gasteiger partial charge is 0.398 e. The maximum absolute atomic E-state index is 12.0. The number of para-hydroxylation sites is 1. The Labute approximate surface area is 137 Å². The van der Waals surface area contributed by atoms with Gasteiger partial charge in [0.1, 0.15) is 0 Å². The molecule has 0 aliphatic heterocycles. The van der Waals surface area contributed by atoms with Crippen LogP contribution in [0.3, 0.4) is 0 Å². The average molecular weight is 339 g/mol. The fourth-order valence-electron chi connectivity index (χ4n) is 1.71. The summed E-state index contributed by atoms with van der Waals surface area (Å²) in [5.74, 6) is 0.216. The highest BCUT2D eigenvalue weighted by molar-refractivity contribution is 8.00. The number of benzene rings is 2. The smallest absolute Gasteiger partial charge is 0.234 e. The summed E-state index contributed by atoms with van der Waals surface area (Å²) in [5, 5.41) is 3.52. The van der Waals surface area contributed by atoms with Gasteiger partial charge < -0.3 is 11.1 Å². The van der Waals surface area contributed by atoms with Gasteiger partial charge in [-0.15, -0.1) is 23.5 Å². The molecule has 0 spiro atoms. The van der Waals surface area contributed by atoms with E-state index in [1.54, 1.807) is 30.0 Å². The van der Waals surface area contributed by atoms with Crippen LogP contribution >= 0.6 is 35.1 Å². The number of nitrogens with two attached hydrogens (primary N) is 1. The fourth-order valence-corrected chi connectivity index (χ4v) is 3.30. The van der Waals surface area contributed by atoms with Gasteiger partial charge in [0.15, 0.2) is 0 Å². The van der Waals surface area contributed by atoms with Crippen LogP contribution in [-0.2, 0) is 4.79 Å². The number of thioether (sulfide) groups is 2. The molecule has 2 aromatic carbocycles. The van der Waals surface area contributed by atoms with Crippen molar-refractivity contribution in [2.45, 2.75) is 9.79 Å². The second kappa shape index (κ2) is 7.64. The lowest BCUT2D eigenvalue weighted by atomic mass is 10.3. The number of amides is 1. The number of nitrogen functional groups attached to an aromatic ring is 1. The molecular weight excluding hydrogens is 324 g/mol. The molecule has 3 nitrogen and oxygen atoms in total. The number of rotatable bonds is 5. The Hall–Kier alpha value is -1.30. The zero-order valence-corrected chi connectivity index (χ0v) is 13.8. The number of halogens is 1. The van der Waals surface area contributed by atoms with Gasteiger partial charge in [0.2, 0.25) is 5.91 Å². The summed E-state index contributed by atoms with van der Waals surface area (Å²) in [6, 6.07) is 13.0. The molecule has 6 heteroatoms. The molecule has 0 radical (unpaired) electrons. The Balaban J connectivity index is 1.97. The normalized spacial score (nSPS) is 10.4. The van der Waals surface area contributed by atoms with Crippen LogP contribution in [0.1, 0.15) is 0 Å². The van der Waals surface area contributed by atoms with Gasteiger partial charge in [0.25, 0.3) is 0 Å². The van der Waals surface area contributed by atoms with Crippen LogP contribution in [0.25, 0.3) is 0 Å². The van der Waals surface area contributed by atoms with Gasteiger partial charge in [-0.05, 0) is 36.6 Å². The molecule has 2 aromatic rings. The molecule has 0 atom stereocenters.